The maximum absolute atomic E-state index is 13.1. The van der Waals surface area contributed by atoms with E-state index in [1.807, 2.05) is 172 Å². The molecule has 0 spiro atoms. The Kier molecular flexibility index (Phi) is 15.4. The van der Waals surface area contributed by atoms with Crippen LogP contribution in [0.1, 0.15) is 66.2 Å². The van der Waals surface area contributed by atoms with Crippen LogP contribution in [0, 0.1) is 0 Å². The molecule has 0 radical (unpaired) electrons. The van der Waals surface area contributed by atoms with Gasteiger partial charge in [0.2, 0.25) is 11.1 Å². The van der Waals surface area contributed by atoms with Crippen molar-refractivity contribution in [2.24, 2.45) is 0 Å². The van der Waals surface area contributed by atoms with Gasteiger partial charge in [-0.1, -0.05) is 123 Å². The lowest BCUT2D eigenvalue weighted by molar-refractivity contribution is -0.130. The summed E-state index contributed by atoms with van der Waals surface area (Å²) in [6, 6.07) is 52.3. The summed E-state index contributed by atoms with van der Waals surface area (Å²) in [6.45, 7) is 6.13. The van der Waals surface area contributed by atoms with E-state index in [1.54, 1.807) is 56.5 Å². The molecule has 1 aromatic heterocycles. The van der Waals surface area contributed by atoms with E-state index in [0.717, 1.165) is 33.4 Å². The predicted octanol–water partition coefficient (Wildman–Crippen LogP) is 10.7. The molecule has 9 rings (SSSR count). The SMILES string of the molecule is CCN(CC)S1(O)O/C(C)=C\c2nc(=O)ccn2[C@@H]2O[C@H](COC(c3ccccc3)(c3ccc(OC)cc3)c3ccc(OC)cc3)[C@@H](OC(c3ccccc3)(c3ccc(OC)cc3)c3cccc(OC)c3)[C@@H]2O1. The number of nitrogens with zero attached hydrogens (tertiary/aromatic N) is 3. The third-order valence-electron chi connectivity index (χ3n) is 13.4. The summed E-state index contributed by atoms with van der Waals surface area (Å²) < 4.78 is 76.2. The summed E-state index contributed by atoms with van der Waals surface area (Å²) >= 11 is -3.62. The number of methoxy groups -OCH3 is 4. The number of benzene rings is 6. The van der Waals surface area contributed by atoms with E-state index in [-0.39, 0.29) is 18.2 Å². The van der Waals surface area contributed by atoms with Gasteiger partial charge in [0.25, 0.3) is 5.56 Å². The molecule has 2 unspecified atom stereocenters. The lowest BCUT2D eigenvalue weighted by Gasteiger charge is -2.45. The van der Waals surface area contributed by atoms with Gasteiger partial charge in [0.1, 0.15) is 58.0 Å². The van der Waals surface area contributed by atoms with Gasteiger partial charge in [-0.25, -0.2) is 0 Å². The van der Waals surface area contributed by atoms with Gasteiger partial charge in [0.05, 0.1) is 35.0 Å². The fraction of sp³-hybridized carbons (Fsp3) is 0.276. The number of fused-ring (bicyclic) bond motifs is 3. The lowest BCUT2D eigenvalue weighted by atomic mass is 9.79. The molecule has 73 heavy (non-hydrogen) atoms. The number of allylic oxidation sites excluding steroid dienone is 1. The van der Waals surface area contributed by atoms with Crippen LogP contribution in [0.4, 0.5) is 0 Å². The third kappa shape index (κ3) is 9.97. The van der Waals surface area contributed by atoms with Crippen LogP contribution in [-0.4, -0.2) is 84.9 Å². The minimum Gasteiger partial charge on any atom is -0.497 e. The largest absolute Gasteiger partial charge is 0.497 e. The third-order valence-corrected chi connectivity index (χ3v) is 15.5. The van der Waals surface area contributed by atoms with Crippen molar-refractivity contribution in [2.45, 2.75) is 56.5 Å². The molecule has 14 nitrogen and oxygen atoms in total. The first kappa shape index (κ1) is 51.0. The van der Waals surface area contributed by atoms with Crippen LogP contribution < -0.4 is 24.5 Å². The zero-order chi connectivity index (χ0) is 51.2. The van der Waals surface area contributed by atoms with Gasteiger partial charge < -0.3 is 41.9 Å². The number of aromatic nitrogens is 2. The van der Waals surface area contributed by atoms with E-state index < -0.39 is 52.4 Å². The summed E-state index contributed by atoms with van der Waals surface area (Å²) in [4.78, 5) is 17.6. The highest BCUT2D eigenvalue weighted by molar-refractivity contribution is 8.19. The summed E-state index contributed by atoms with van der Waals surface area (Å²) in [5, 5.41) is 0. The average Bonchev–Trinajstić information content (AvgIpc) is 3.77. The Bertz CT molecular complexity index is 2980. The van der Waals surface area contributed by atoms with E-state index in [4.69, 9.17) is 41.5 Å². The van der Waals surface area contributed by atoms with Crippen molar-refractivity contribution in [3.8, 4) is 23.0 Å². The standard InChI is InChI=1S/C58H61N3O11S/c1-8-60(9-2)73(63)71-40(3)37-52-59-53(62)35-36-61(52)56-55(72-73)54(70-58(42-19-14-11-15-20-42,45-27-33-49(66-6)34-28-45)46-21-16-22-50(38-46)67-7)51(69-56)39-68-57(41-17-12-10-13-18-41,43-23-29-47(64-4)30-24-43)44-25-31-48(65-5)32-26-44/h10-38,51,54-56,63H,8-9,39H2,1-7H3/b40-37-/t51-,54-,55+,56-,58?/m1/s1. The van der Waals surface area contributed by atoms with Crippen LogP contribution in [0.15, 0.2) is 181 Å². The fourth-order valence-electron chi connectivity index (χ4n) is 9.80. The van der Waals surface area contributed by atoms with Gasteiger partial charge in [-0.05, 0) is 88.8 Å². The van der Waals surface area contributed by atoms with E-state index in [2.05, 4.69) is 4.98 Å². The molecule has 2 aliphatic rings. The van der Waals surface area contributed by atoms with Crippen molar-refractivity contribution < 1.29 is 46.1 Å². The van der Waals surface area contributed by atoms with Gasteiger partial charge >= 0.3 is 0 Å². The highest BCUT2D eigenvalue weighted by Gasteiger charge is 2.57. The molecule has 0 saturated carbocycles. The van der Waals surface area contributed by atoms with Crippen LogP contribution in [0.2, 0.25) is 0 Å². The maximum atomic E-state index is 13.1. The second kappa shape index (κ2) is 22.0. The second-order valence-corrected chi connectivity index (χ2v) is 19.2. The molecule has 380 valence electrons. The molecular weight excluding hydrogens is 947 g/mol. The van der Waals surface area contributed by atoms with Gasteiger partial charge in [0, 0.05) is 31.4 Å². The summed E-state index contributed by atoms with van der Waals surface area (Å²) in [5.74, 6) is 3.08. The van der Waals surface area contributed by atoms with Gasteiger partial charge in [-0.2, -0.15) is 9.29 Å². The monoisotopic (exact) mass is 1010 g/mol. The number of hydrogen-bond donors (Lipinski definition) is 1. The van der Waals surface area contributed by atoms with E-state index in [9.17, 15) is 9.35 Å². The zero-order valence-electron chi connectivity index (χ0n) is 42.0. The van der Waals surface area contributed by atoms with E-state index >= 15 is 0 Å². The summed E-state index contributed by atoms with van der Waals surface area (Å²) in [5.41, 5.74) is 1.44. The molecule has 7 aromatic rings. The Balaban J connectivity index is 1.31. The van der Waals surface area contributed by atoms with Crippen molar-refractivity contribution in [3.63, 3.8) is 0 Å². The first-order valence-corrected chi connectivity index (χ1v) is 25.5. The fourth-order valence-corrected chi connectivity index (χ4v) is 11.6. The molecule has 1 fully saturated rings. The van der Waals surface area contributed by atoms with E-state index in [0.29, 0.717) is 36.1 Å². The van der Waals surface area contributed by atoms with Gasteiger partial charge in [-0.15, -0.1) is 0 Å². The Morgan fingerprint density at radius 3 is 1.64 bits per heavy atom. The van der Waals surface area contributed by atoms with Crippen LogP contribution in [0.3, 0.4) is 0 Å². The van der Waals surface area contributed by atoms with Crippen molar-refractivity contribution in [1.82, 2.24) is 13.9 Å². The summed E-state index contributed by atoms with van der Waals surface area (Å²) in [7, 11) is 6.51. The molecule has 6 aromatic carbocycles. The van der Waals surface area contributed by atoms with Crippen LogP contribution in [0.25, 0.3) is 6.08 Å². The molecular formula is C58H61N3O11S. The first-order valence-electron chi connectivity index (χ1n) is 24.1. The Morgan fingerprint density at radius 2 is 1.12 bits per heavy atom. The Labute approximate surface area is 428 Å². The molecule has 1 saturated heterocycles. The van der Waals surface area contributed by atoms with Gasteiger partial charge in [-0.3, -0.25) is 13.5 Å². The van der Waals surface area contributed by atoms with Crippen LogP contribution >= 0.6 is 11.1 Å². The molecule has 0 bridgehead atoms. The average molecular weight is 1010 g/mol. The number of ether oxygens (including phenoxy) is 7. The van der Waals surface area contributed by atoms with Crippen molar-refractivity contribution in [1.29, 1.82) is 0 Å². The summed E-state index contributed by atoms with van der Waals surface area (Å²) in [6.07, 6.45) is -1.18. The molecule has 3 heterocycles. The molecule has 0 aliphatic carbocycles. The molecule has 15 heteroatoms. The highest BCUT2D eigenvalue weighted by Crippen LogP contribution is 2.57. The number of hydrogen-bond acceptors (Lipinski definition) is 13. The first-order chi connectivity index (χ1) is 35.5. The van der Waals surface area contributed by atoms with E-state index in [1.165, 1.54) is 6.07 Å². The van der Waals surface area contributed by atoms with Crippen molar-refractivity contribution in [2.75, 3.05) is 48.1 Å². The minimum absolute atomic E-state index is 0.128. The Hall–Kier alpha value is -6.95. The van der Waals surface area contributed by atoms with Crippen molar-refractivity contribution >= 4 is 17.1 Å². The van der Waals surface area contributed by atoms with Gasteiger partial charge in [0.15, 0.2) is 12.3 Å². The maximum Gasteiger partial charge on any atom is 0.273 e. The van der Waals surface area contributed by atoms with Crippen molar-refractivity contribution in [3.05, 3.63) is 225 Å². The van der Waals surface area contributed by atoms with Crippen LogP contribution in [-0.2, 0) is 33.8 Å². The molecule has 6 atom stereocenters. The molecule has 1 N–H and O–H groups in total. The molecule has 0 amide bonds. The van der Waals surface area contributed by atoms with Crippen LogP contribution in [0.5, 0.6) is 23.0 Å². The predicted molar refractivity (Wildman–Crippen MR) is 281 cm³/mol. The Morgan fingerprint density at radius 1 is 0.630 bits per heavy atom. The molecule has 2 aliphatic heterocycles. The second-order valence-electron chi connectivity index (χ2n) is 17.5. The zero-order valence-corrected chi connectivity index (χ0v) is 42.8. The highest BCUT2D eigenvalue weighted by atomic mass is 32.3. The minimum atomic E-state index is -3.62. The number of rotatable bonds is 18. The topological polar surface area (TPSA) is 141 Å². The lowest BCUT2D eigenvalue weighted by Crippen LogP contribution is -2.48. The smallest absolute Gasteiger partial charge is 0.273 e. The quantitative estimate of drug-likeness (QED) is 0.0816. The normalized spacial score (nSPS) is 22.1.